The van der Waals surface area contributed by atoms with Crippen LogP contribution in [-0.4, -0.2) is 4.98 Å². The summed E-state index contributed by atoms with van der Waals surface area (Å²) in [5.41, 5.74) is 0.773. The van der Waals surface area contributed by atoms with Gasteiger partial charge in [-0.25, -0.2) is 0 Å². The van der Waals surface area contributed by atoms with Crippen molar-refractivity contribution < 1.29 is 1.37 Å². The van der Waals surface area contributed by atoms with Crippen molar-refractivity contribution in [2.75, 3.05) is 0 Å². The molecule has 1 nitrogen and oxygen atoms in total. The van der Waals surface area contributed by atoms with Crippen LogP contribution in [0.4, 0.5) is 0 Å². The van der Waals surface area contributed by atoms with Crippen LogP contribution in [0.3, 0.4) is 0 Å². The number of benzene rings is 1. The van der Waals surface area contributed by atoms with Crippen molar-refractivity contribution in [1.29, 1.82) is 0 Å². The highest BCUT2D eigenvalue weighted by Gasteiger charge is 1.86. The van der Waals surface area contributed by atoms with Gasteiger partial charge in [-0.05, 0) is 12.1 Å². The molecule has 0 bridgehead atoms. The van der Waals surface area contributed by atoms with Crippen LogP contribution in [0.25, 0.3) is 10.9 Å². The van der Waals surface area contributed by atoms with Crippen molar-refractivity contribution in [1.82, 2.24) is 4.98 Å². The Morgan fingerprint density at radius 3 is 3.00 bits per heavy atom. The molecule has 0 radical (unpaired) electrons. The second-order valence-electron chi connectivity index (χ2n) is 2.11. The van der Waals surface area contributed by atoms with Crippen LogP contribution in [0.1, 0.15) is 1.37 Å². The zero-order valence-electron chi connectivity index (χ0n) is 6.41. The molecule has 10 heavy (non-hydrogen) atoms. The highest BCUT2D eigenvalue weighted by molar-refractivity contribution is 5.77. The van der Waals surface area contributed by atoms with Crippen molar-refractivity contribution in [2.45, 2.75) is 0 Å². The molecule has 1 heterocycles. The highest BCUT2D eigenvalue weighted by Crippen LogP contribution is 2.07. The fourth-order valence-corrected chi connectivity index (χ4v) is 0.952. The summed E-state index contributed by atoms with van der Waals surface area (Å²) in [4.78, 5) is 4.09. The molecular formula is C9H7N. The van der Waals surface area contributed by atoms with E-state index >= 15 is 0 Å². The Hall–Kier alpha value is -1.37. The Balaban J connectivity index is 2.91. The predicted octanol–water partition coefficient (Wildman–Crippen LogP) is 2.23. The van der Waals surface area contributed by atoms with Crippen LogP contribution >= 0.6 is 0 Å². The summed E-state index contributed by atoms with van der Waals surface area (Å²) in [5, 5.41) is 1.03. The number of rotatable bonds is 0. The van der Waals surface area contributed by atoms with Gasteiger partial charge < -0.3 is 0 Å². The molecule has 2 aromatic rings. The van der Waals surface area contributed by atoms with Gasteiger partial charge in [0.15, 0.2) is 0 Å². The van der Waals surface area contributed by atoms with Crippen LogP contribution in [0.2, 0.25) is 0 Å². The molecule has 0 aliphatic heterocycles. The Labute approximate surface area is 60.7 Å². The summed E-state index contributed by atoms with van der Waals surface area (Å²) in [5.74, 6) is 0. The number of hydrogen-bond donors (Lipinski definition) is 0. The minimum atomic E-state index is 0.489. The maximum Gasteiger partial charge on any atom is 0.0701 e. The van der Waals surface area contributed by atoms with Crippen molar-refractivity contribution >= 4 is 10.9 Å². The van der Waals surface area contributed by atoms with Crippen molar-refractivity contribution in [3.05, 3.63) is 42.6 Å². The lowest BCUT2D eigenvalue weighted by Gasteiger charge is -1.91. The number of pyridine rings is 1. The van der Waals surface area contributed by atoms with E-state index in [1.165, 1.54) is 0 Å². The molecule has 0 fully saturated rings. The molecule has 0 saturated carbocycles. The minimum Gasteiger partial charge on any atom is -0.256 e. The Bertz CT molecular complexity index is 379. The maximum absolute atomic E-state index is 7.50. The normalized spacial score (nSPS) is 11.4. The maximum atomic E-state index is 7.50. The Morgan fingerprint density at radius 1 is 1.20 bits per heavy atom. The van der Waals surface area contributed by atoms with E-state index in [0.717, 1.165) is 10.9 Å². The summed E-state index contributed by atoms with van der Waals surface area (Å²) >= 11 is 0. The average molecular weight is 131 g/mol. The monoisotopic (exact) mass is 131 g/mol. The van der Waals surface area contributed by atoms with E-state index in [1.54, 1.807) is 12.3 Å². The van der Waals surface area contributed by atoms with Crippen LogP contribution in [0.5, 0.6) is 0 Å². The highest BCUT2D eigenvalue weighted by atomic mass is 14.6. The van der Waals surface area contributed by atoms with Crippen LogP contribution in [0.15, 0.2) is 42.6 Å². The second kappa shape index (κ2) is 2.10. The van der Waals surface area contributed by atoms with Gasteiger partial charge in [0.25, 0.3) is 0 Å². The van der Waals surface area contributed by atoms with Crippen molar-refractivity contribution in [3.8, 4) is 0 Å². The topological polar surface area (TPSA) is 12.9 Å². The first-order valence-electron chi connectivity index (χ1n) is 3.68. The van der Waals surface area contributed by atoms with Crippen molar-refractivity contribution in [2.24, 2.45) is 0 Å². The quantitative estimate of drug-likeness (QED) is 0.534. The molecule has 0 atom stereocenters. The molecule has 0 amide bonds. The fourth-order valence-electron chi connectivity index (χ4n) is 0.952. The Kier molecular flexibility index (Phi) is 0.935. The van der Waals surface area contributed by atoms with E-state index in [-0.39, 0.29) is 0 Å². The summed E-state index contributed by atoms with van der Waals surface area (Å²) in [6.07, 6.45) is 1.71. The zero-order valence-corrected chi connectivity index (χ0v) is 5.41. The van der Waals surface area contributed by atoms with Gasteiger partial charge in [0.1, 0.15) is 0 Å². The standard InChI is InChI=1S/C9H7N/c1-2-6-9-8(4-1)5-3-7-10-9/h1-7H/i6T. The molecule has 48 valence electrons. The van der Waals surface area contributed by atoms with Crippen LogP contribution in [-0.2, 0) is 0 Å². The molecule has 0 aliphatic carbocycles. The second-order valence-corrected chi connectivity index (χ2v) is 2.11. The minimum absolute atomic E-state index is 0.489. The summed E-state index contributed by atoms with van der Waals surface area (Å²) < 4.78 is 7.50. The van der Waals surface area contributed by atoms with Gasteiger partial charge in [-0.3, -0.25) is 4.98 Å². The van der Waals surface area contributed by atoms with Gasteiger partial charge in [-0.15, -0.1) is 0 Å². The van der Waals surface area contributed by atoms with E-state index in [9.17, 15) is 0 Å². The van der Waals surface area contributed by atoms with E-state index in [2.05, 4.69) is 4.98 Å². The SMILES string of the molecule is [3H]c1cccc2cccnc12. The molecule has 1 heteroatoms. The molecule has 0 saturated heterocycles. The third-order valence-electron chi connectivity index (χ3n) is 1.43. The number of aromatic nitrogens is 1. The largest absolute Gasteiger partial charge is 0.256 e. The Morgan fingerprint density at radius 2 is 2.10 bits per heavy atom. The van der Waals surface area contributed by atoms with E-state index < -0.39 is 0 Å². The lowest BCUT2D eigenvalue weighted by Crippen LogP contribution is -1.73. The zero-order chi connectivity index (χ0) is 7.68. The number of fused-ring (bicyclic) bond motifs is 1. The first-order valence-corrected chi connectivity index (χ1v) is 3.18. The first-order chi connectivity index (χ1) is 5.38. The fraction of sp³-hybridized carbons (Fsp3) is 0. The molecule has 1 aromatic heterocycles. The average Bonchev–Trinajstić information content (AvgIpc) is 2.06. The number of hydrogen-bond acceptors (Lipinski definition) is 1. The molecule has 0 unspecified atom stereocenters. The summed E-state index contributed by atoms with van der Waals surface area (Å²) in [6.45, 7) is 0. The van der Waals surface area contributed by atoms with E-state index in [0.29, 0.717) is 6.04 Å². The van der Waals surface area contributed by atoms with Gasteiger partial charge in [0.05, 0.1) is 6.89 Å². The van der Waals surface area contributed by atoms with Crippen LogP contribution < -0.4 is 0 Å². The molecule has 1 aromatic carbocycles. The lowest BCUT2D eigenvalue weighted by atomic mass is 10.2. The molecule has 0 N–H and O–H groups in total. The molecule has 0 spiro atoms. The van der Waals surface area contributed by atoms with E-state index in [4.69, 9.17) is 1.37 Å². The predicted molar refractivity (Wildman–Crippen MR) is 41.7 cm³/mol. The van der Waals surface area contributed by atoms with E-state index in [1.807, 2.05) is 24.3 Å². The van der Waals surface area contributed by atoms with Gasteiger partial charge in [0.2, 0.25) is 0 Å². The number of para-hydroxylation sites is 1. The van der Waals surface area contributed by atoms with Gasteiger partial charge in [-0.1, -0.05) is 24.3 Å². The van der Waals surface area contributed by atoms with Gasteiger partial charge >= 0.3 is 0 Å². The number of nitrogens with zero attached hydrogens (tertiary/aromatic N) is 1. The summed E-state index contributed by atoms with van der Waals surface area (Å²) in [6, 6.07) is 9.90. The molecule has 2 rings (SSSR count). The van der Waals surface area contributed by atoms with Crippen molar-refractivity contribution in [3.63, 3.8) is 0 Å². The van der Waals surface area contributed by atoms with Gasteiger partial charge in [-0.2, -0.15) is 0 Å². The summed E-state index contributed by atoms with van der Waals surface area (Å²) in [7, 11) is 0. The third kappa shape index (κ3) is 0.760. The molecular weight excluding hydrogens is 122 g/mol. The smallest absolute Gasteiger partial charge is 0.0701 e. The first kappa shape index (κ1) is 4.45. The van der Waals surface area contributed by atoms with Crippen LogP contribution in [0, 0.1) is 0 Å². The van der Waals surface area contributed by atoms with Gasteiger partial charge in [0, 0.05) is 11.6 Å². The lowest BCUT2D eigenvalue weighted by molar-refractivity contribution is 1.41. The third-order valence-corrected chi connectivity index (χ3v) is 1.43. The molecule has 0 aliphatic rings.